The highest BCUT2D eigenvalue weighted by molar-refractivity contribution is 7.13. The normalized spacial score (nSPS) is 11.4. The lowest BCUT2D eigenvalue weighted by Crippen LogP contribution is -2.23. The maximum Gasteiger partial charge on any atom is 0.277 e. The minimum absolute atomic E-state index is 0.267. The first-order valence-electron chi connectivity index (χ1n) is 10.2. The van der Waals surface area contributed by atoms with Crippen LogP contribution >= 0.6 is 11.3 Å². The van der Waals surface area contributed by atoms with Gasteiger partial charge >= 0.3 is 0 Å². The number of hydrogen-bond donors (Lipinski definition) is 1. The molecule has 1 aromatic carbocycles. The molecule has 8 nitrogen and oxygen atoms in total. The average Bonchev–Trinajstić information content (AvgIpc) is 3.40. The number of rotatable bonds is 9. The number of nitrogens with zero attached hydrogens (tertiary/aromatic N) is 5. The van der Waals surface area contributed by atoms with Gasteiger partial charge < -0.3 is 4.74 Å². The first-order valence-corrected chi connectivity index (χ1v) is 11.0. The number of fused-ring (bicyclic) bond motifs is 1. The van der Waals surface area contributed by atoms with Crippen molar-refractivity contribution in [3.05, 3.63) is 65.2 Å². The van der Waals surface area contributed by atoms with Gasteiger partial charge in [0.25, 0.3) is 5.91 Å². The van der Waals surface area contributed by atoms with Crippen molar-refractivity contribution in [1.29, 1.82) is 0 Å². The smallest absolute Gasteiger partial charge is 0.277 e. The zero-order chi connectivity index (χ0) is 22.5. The van der Waals surface area contributed by atoms with E-state index >= 15 is 0 Å². The Morgan fingerprint density at radius 2 is 2.19 bits per heavy atom. The fourth-order valence-corrected chi connectivity index (χ4v) is 3.84. The van der Waals surface area contributed by atoms with Crippen LogP contribution in [-0.2, 0) is 11.3 Å². The van der Waals surface area contributed by atoms with E-state index in [-0.39, 0.29) is 17.4 Å². The third-order valence-electron chi connectivity index (χ3n) is 4.74. The van der Waals surface area contributed by atoms with Crippen LogP contribution in [0.5, 0.6) is 0 Å². The van der Waals surface area contributed by atoms with E-state index in [0.29, 0.717) is 41.8 Å². The summed E-state index contributed by atoms with van der Waals surface area (Å²) in [6.45, 7) is 4.79. The van der Waals surface area contributed by atoms with Gasteiger partial charge in [-0.05, 0) is 38.2 Å². The molecular formula is C22H23FN6O2S. The average molecular weight is 455 g/mol. The molecule has 1 N–H and O–H groups in total. The lowest BCUT2D eigenvalue weighted by Gasteiger charge is -2.14. The summed E-state index contributed by atoms with van der Waals surface area (Å²) in [4.78, 5) is 23.7. The summed E-state index contributed by atoms with van der Waals surface area (Å²) >= 11 is 1.36. The summed E-state index contributed by atoms with van der Waals surface area (Å²) < 4.78 is 20.4. The first kappa shape index (κ1) is 22.0. The van der Waals surface area contributed by atoms with Crippen LogP contribution in [0.2, 0.25) is 0 Å². The molecule has 0 saturated carbocycles. The number of amides is 1. The topological polar surface area (TPSA) is 84.6 Å². The molecule has 0 atom stereocenters. The molecule has 0 aliphatic rings. The van der Waals surface area contributed by atoms with Gasteiger partial charge in [0.1, 0.15) is 5.82 Å². The van der Waals surface area contributed by atoms with Crippen molar-refractivity contribution in [1.82, 2.24) is 24.5 Å². The Morgan fingerprint density at radius 3 is 3.00 bits per heavy atom. The van der Waals surface area contributed by atoms with E-state index < -0.39 is 0 Å². The third kappa shape index (κ3) is 5.16. The SMILES string of the molecule is CCOCCN(C)Cc1csc(NC(=O)c2cnc3ccc(-c4cccc(F)c4)nn23)n1. The fourth-order valence-electron chi connectivity index (χ4n) is 3.15. The van der Waals surface area contributed by atoms with Crippen LogP contribution in [0, 0.1) is 5.82 Å². The molecule has 166 valence electrons. The van der Waals surface area contributed by atoms with Gasteiger partial charge in [-0.1, -0.05) is 12.1 Å². The number of thiazole rings is 1. The van der Waals surface area contributed by atoms with Crippen molar-refractivity contribution in [2.75, 3.05) is 32.1 Å². The minimum Gasteiger partial charge on any atom is -0.380 e. The Bertz CT molecular complexity index is 1220. The number of aromatic nitrogens is 4. The largest absolute Gasteiger partial charge is 0.380 e. The van der Waals surface area contributed by atoms with Crippen LogP contribution in [0.4, 0.5) is 9.52 Å². The van der Waals surface area contributed by atoms with Gasteiger partial charge in [-0.25, -0.2) is 18.9 Å². The molecule has 0 spiro atoms. The van der Waals surface area contributed by atoms with E-state index in [2.05, 4.69) is 25.3 Å². The summed E-state index contributed by atoms with van der Waals surface area (Å²) in [5.41, 5.74) is 2.81. The Hall–Kier alpha value is -3.21. The van der Waals surface area contributed by atoms with Gasteiger partial charge in [0, 0.05) is 30.6 Å². The highest BCUT2D eigenvalue weighted by Gasteiger charge is 2.16. The molecule has 0 radical (unpaired) electrons. The highest BCUT2D eigenvalue weighted by Crippen LogP contribution is 2.20. The van der Waals surface area contributed by atoms with Gasteiger partial charge in [0.15, 0.2) is 16.5 Å². The molecule has 0 unspecified atom stereocenters. The number of halogens is 1. The number of likely N-dealkylation sites (N-methyl/N-ethyl adjacent to an activating group) is 1. The van der Waals surface area contributed by atoms with Crippen LogP contribution in [0.15, 0.2) is 48.0 Å². The molecule has 0 fully saturated rings. The molecule has 32 heavy (non-hydrogen) atoms. The van der Waals surface area contributed by atoms with Crippen LogP contribution in [0.3, 0.4) is 0 Å². The number of imidazole rings is 1. The molecule has 0 aliphatic heterocycles. The Labute approximate surface area is 188 Å². The van der Waals surface area contributed by atoms with Crippen molar-refractivity contribution in [3.8, 4) is 11.3 Å². The zero-order valence-corrected chi connectivity index (χ0v) is 18.6. The fraction of sp³-hybridized carbons (Fsp3) is 0.273. The van der Waals surface area contributed by atoms with Crippen molar-refractivity contribution >= 4 is 28.0 Å². The maximum atomic E-state index is 13.6. The van der Waals surface area contributed by atoms with Crippen molar-refractivity contribution < 1.29 is 13.9 Å². The van der Waals surface area contributed by atoms with Crippen LogP contribution in [0.1, 0.15) is 23.1 Å². The summed E-state index contributed by atoms with van der Waals surface area (Å²) in [6, 6.07) is 9.63. The number of ether oxygens (including phenoxy) is 1. The molecule has 0 bridgehead atoms. The Morgan fingerprint density at radius 1 is 1.31 bits per heavy atom. The molecule has 3 aromatic heterocycles. The van der Waals surface area contributed by atoms with Crippen molar-refractivity contribution in [2.45, 2.75) is 13.5 Å². The Balaban J connectivity index is 1.47. The van der Waals surface area contributed by atoms with Gasteiger partial charge in [0.2, 0.25) is 0 Å². The minimum atomic E-state index is -0.369. The van der Waals surface area contributed by atoms with Crippen LogP contribution < -0.4 is 5.32 Å². The molecular weight excluding hydrogens is 431 g/mol. The summed E-state index contributed by atoms with van der Waals surface area (Å²) in [7, 11) is 2.00. The monoisotopic (exact) mass is 454 g/mol. The number of benzene rings is 1. The molecule has 4 rings (SSSR count). The molecule has 0 saturated heterocycles. The first-order chi connectivity index (χ1) is 15.5. The molecule has 3 heterocycles. The number of carbonyl (C=O) groups is 1. The quantitative estimate of drug-likeness (QED) is 0.388. The van der Waals surface area contributed by atoms with E-state index in [1.165, 1.54) is 34.2 Å². The van der Waals surface area contributed by atoms with Gasteiger partial charge in [-0.3, -0.25) is 15.0 Å². The molecule has 0 aliphatic carbocycles. The highest BCUT2D eigenvalue weighted by atomic mass is 32.1. The number of nitrogens with one attached hydrogen (secondary N) is 1. The van der Waals surface area contributed by atoms with E-state index in [9.17, 15) is 9.18 Å². The van der Waals surface area contributed by atoms with E-state index in [4.69, 9.17) is 4.74 Å². The number of hydrogen-bond acceptors (Lipinski definition) is 7. The van der Waals surface area contributed by atoms with E-state index in [0.717, 1.165) is 12.2 Å². The van der Waals surface area contributed by atoms with E-state index in [1.807, 2.05) is 19.4 Å². The van der Waals surface area contributed by atoms with Gasteiger partial charge in [-0.15, -0.1) is 11.3 Å². The molecule has 4 aromatic rings. The van der Waals surface area contributed by atoms with Crippen molar-refractivity contribution in [2.24, 2.45) is 0 Å². The Kier molecular flexibility index (Phi) is 6.84. The molecule has 1 amide bonds. The predicted molar refractivity (Wildman–Crippen MR) is 121 cm³/mol. The standard InChI is InChI=1S/C22H23FN6O2S/c1-3-31-10-9-28(2)13-17-14-32-22(25-17)26-21(30)19-12-24-20-8-7-18(27-29(19)20)15-5-4-6-16(23)11-15/h4-8,11-12,14H,3,9-10,13H2,1-2H3,(H,25,26,30). The van der Waals surface area contributed by atoms with Crippen LogP contribution in [0.25, 0.3) is 16.9 Å². The third-order valence-corrected chi connectivity index (χ3v) is 5.55. The predicted octanol–water partition coefficient (Wildman–Crippen LogP) is 3.71. The van der Waals surface area contributed by atoms with Crippen molar-refractivity contribution in [3.63, 3.8) is 0 Å². The van der Waals surface area contributed by atoms with E-state index in [1.54, 1.807) is 24.3 Å². The molecule has 10 heteroatoms. The lowest BCUT2D eigenvalue weighted by molar-refractivity contribution is 0.102. The summed E-state index contributed by atoms with van der Waals surface area (Å²) in [5.74, 6) is -0.719. The van der Waals surface area contributed by atoms with Gasteiger partial charge in [-0.2, -0.15) is 5.10 Å². The summed E-state index contributed by atoms with van der Waals surface area (Å²) in [6.07, 6.45) is 1.46. The maximum absolute atomic E-state index is 13.6. The van der Waals surface area contributed by atoms with Crippen LogP contribution in [-0.4, -0.2) is 57.2 Å². The van der Waals surface area contributed by atoms with Gasteiger partial charge in [0.05, 0.1) is 24.2 Å². The second kappa shape index (κ2) is 9.94. The number of anilines is 1. The zero-order valence-electron chi connectivity index (χ0n) is 17.8. The summed E-state index contributed by atoms with van der Waals surface area (Å²) in [5, 5.41) is 9.71. The second-order valence-electron chi connectivity index (χ2n) is 7.18. The number of carbonyl (C=O) groups excluding carboxylic acids is 1. The lowest BCUT2D eigenvalue weighted by atomic mass is 10.1. The second-order valence-corrected chi connectivity index (χ2v) is 8.03.